The first kappa shape index (κ1) is 14.9. The number of carbonyl (C=O) groups excluding carboxylic acids is 1. The van der Waals surface area contributed by atoms with E-state index in [2.05, 4.69) is 4.90 Å². The van der Waals surface area contributed by atoms with Gasteiger partial charge in [0.1, 0.15) is 5.78 Å². The molecule has 1 aliphatic rings. The summed E-state index contributed by atoms with van der Waals surface area (Å²) in [6.07, 6.45) is 1.86. The molecule has 0 spiro atoms. The first-order valence-electron chi connectivity index (χ1n) is 6.63. The highest BCUT2D eigenvalue weighted by molar-refractivity contribution is 6.30. The molecule has 0 aliphatic carbocycles. The molecule has 0 aromatic heterocycles. The summed E-state index contributed by atoms with van der Waals surface area (Å²) in [5, 5.41) is 11.4. The predicted octanol–water partition coefficient (Wildman–Crippen LogP) is 3.05. The zero-order valence-corrected chi connectivity index (χ0v) is 12.1. The molecule has 2 rings (SSSR count). The first-order chi connectivity index (χ1) is 9.47. The van der Waals surface area contributed by atoms with Crippen molar-refractivity contribution >= 4 is 23.1 Å². The fourth-order valence-corrected chi connectivity index (χ4v) is 2.78. The van der Waals surface area contributed by atoms with Gasteiger partial charge in [0.25, 0.3) is 5.69 Å². The van der Waals surface area contributed by atoms with Crippen LogP contribution in [0.1, 0.15) is 25.3 Å². The van der Waals surface area contributed by atoms with Crippen LogP contribution >= 0.6 is 11.6 Å². The molecular formula is C14H17ClN2O3. The number of halogens is 1. The van der Waals surface area contributed by atoms with Crippen molar-refractivity contribution in [2.75, 3.05) is 13.1 Å². The molecule has 0 amide bonds. The summed E-state index contributed by atoms with van der Waals surface area (Å²) in [5.74, 6) is 0.246. The van der Waals surface area contributed by atoms with Crippen LogP contribution in [0.3, 0.4) is 0 Å². The molecule has 1 aromatic carbocycles. The highest BCUT2D eigenvalue weighted by Gasteiger charge is 2.25. The quantitative estimate of drug-likeness (QED) is 0.633. The number of hydrogen-bond acceptors (Lipinski definition) is 4. The van der Waals surface area contributed by atoms with Crippen molar-refractivity contribution in [3.63, 3.8) is 0 Å². The number of piperidine rings is 1. The summed E-state index contributed by atoms with van der Waals surface area (Å²) in [7, 11) is 0. The van der Waals surface area contributed by atoms with E-state index in [0.29, 0.717) is 23.7 Å². The van der Waals surface area contributed by atoms with Crippen LogP contribution in [-0.2, 0) is 11.3 Å². The molecule has 1 aromatic rings. The zero-order valence-electron chi connectivity index (χ0n) is 11.3. The highest BCUT2D eigenvalue weighted by atomic mass is 35.5. The molecule has 0 N–H and O–H groups in total. The molecule has 0 radical (unpaired) electrons. The molecule has 0 bridgehead atoms. The largest absolute Gasteiger partial charge is 0.300 e. The van der Waals surface area contributed by atoms with E-state index in [1.54, 1.807) is 19.1 Å². The lowest BCUT2D eigenvalue weighted by molar-refractivity contribution is -0.385. The minimum Gasteiger partial charge on any atom is -0.300 e. The first-order valence-corrected chi connectivity index (χ1v) is 7.01. The highest BCUT2D eigenvalue weighted by Crippen LogP contribution is 2.26. The molecule has 0 saturated carbocycles. The van der Waals surface area contributed by atoms with Crippen molar-refractivity contribution in [2.24, 2.45) is 5.92 Å². The smallest absolute Gasteiger partial charge is 0.275 e. The molecule has 5 nitrogen and oxygen atoms in total. The molecule has 1 atom stereocenters. The molecule has 1 heterocycles. The van der Waals surface area contributed by atoms with Crippen LogP contribution in [0.15, 0.2) is 18.2 Å². The van der Waals surface area contributed by atoms with Crippen LogP contribution in [-0.4, -0.2) is 28.7 Å². The van der Waals surface area contributed by atoms with Crippen molar-refractivity contribution in [1.82, 2.24) is 4.90 Å². The second kappa shape index (κ2) is 6.33. The van der Waals surface area contributed by atoms with Crippen molar-refractivity contribution < 1.29 is 9.72 Å². The van der Waals surface area contributed by atoms with Gasteiger partial charge in [-0.05, 0) is 38.4 Å². The Morgan fingerprint density at radius 1 is 1.55 bits per heavy atom. The third kappa shape index (κ3) is 3.55. The number of benzene rings is 1. The van der Waals surface area contributed by atoms with Crippen LogP contribution in [0.4, 0.5) is 5.69 Å². The van der Waals surface area contributed by atoms with E-state index in [1.807, 2.05) is 0 Å². The average Bonchev–Trinajstić information content (AvgIpc) is 2.41. The van der Waals surface area contributed by atoms with Gasteiger partial charge >= 0.3 is 0 Å². The summed E-state index contributed by atoms with van der Waals surface area (Å²) < 4.78 is 0. The lowest BCUT2D eigenvalue weighted by Crippen LogP contribution is -2.37. The van der Waals surface area contributed by atoms with E-state index in [1.165, 1.54) is 6.07 Å². The number of likely N-dealkylation sites (tertiary alicyclic amines) is 1. The van der Waals surface area contributed by atoms with Crippen LogP contribution in [0.5, 0.6) is 0 Å². The lowest BCUT2D eigenvalue weighted by atomic mass is 9.94. The Morgan fingerprint density at radius 2 is 2.30 bits per heavy atom. The van der Waals surface area contributed by atoms with Crippen molar-refractivity contribution in [1.29, 1.82) is 0 Å². The van der Waals surface area contributed by atoms with Crippen LogP contribution in [0.2, 0.25) is 5.02 Å². The van der Waals surface area contributed by atoms with E-state index in [-0.39, 0.29) is 17.4 Å². The van der Waals surface area contributed by atoms with E-state index in [0.717, 1.165) is 19.4 Å². The van der Waals surface area contributed by atoms with Gasteiger partial charge in [0.2, 0.25) is 0 Å². The number of hydrogen-bond donors (Lipinski definition) is 0. The molecule has 1 saturated heterocycles. The van der Waals surface area contributed by atoms with E-state index in [9.17, 15) is 14.9 Å². The second-order valence-electron chi connectivity index (χ2n) is 5.22. The summed E-state index contributed by atoms with van der Waals surface area (Å²) in [4.78, 5) is 24.2. The molecule has 108 valence electrons. The van der Waals surface area contributed by atoms with E-state index < -0.39 is 4.92 Å². The predicted molar refractivity (Wildman–Crippen MR) is 76.8 cm³/mol. The molecule has 1 fully saturated rings. The topological polar surface area (TPSA) is 63.5 Å². The summed E-state index contributed by atoms with van der Waals surface area (Å²) >= 11 is 5.81. The number of nitro benzene ring substituents is 1. The molecular weight excluding hydrogens is 280 g/mol. The number of ketones is 1. The molecule has 20 heavy (non-hydrogen) atoms. The van der Waals surface area contributed by atoms with Crippen LogP contribution in [0.25, 0.3) is 0 Å². The van der Waals surface area contributed by atoms with Crippen molar-refractivity contribution in [3.8, 4) is 0 Å². The number of nitrogens with zero attached hydrogens (tertiary/aromatic N) is 2. The average molecular weight is 297 g/mol. The zero-order chi connectivity index (χ0) is 14.7. The lowest BCUT2D eigenvalue weighted by Gasteiger charge is -2.31. The Labute approximate surface area is 122 Å². The summed E-state index contributed by atoms with van der Waals surface area (Å²) in [6.45, 7) is 3.63. The third-order valence-electron chi connectivity index (χ3n) is 3.72. The van der Waals surface area contributed by atoms with E-state index >= 15 is 0 Å². The summed E-state index contributed by atoms with van der Waals surface area (Å²) in [5.41, 5.74) is 0.686. The maximum Gasteiger partial charge on any atom is 0.275 e. The third-order valence-corrected chi connectivity index (χ3v) is 3.95. The number of nitro groups is 1. The number of rotatable bonds is 4. The second-order valence-corrected chi connectivity index (χ2v) is 5.65. The molecule has 6 heteroatoms. The van der Waals surface area contributed by atoms with Gasteiger partial charge in [0, 0.05) is 35.7 Å². The SMILES string of the molecule is CC(=O)C1CCCN(Cc2ccc(Cl)cc2[N+](=O)[O-])C1. The Hall–Kier alpha value is -1.46. The van der Waals surface area contributed by atoms with Crippen molar-refractivity contribution in [3.05, 3.63) is 38.9 Å². The van der Waals surface area contributed by atoms with Gasteiger partial charge in [0.05, 0.1) is 4.92 Å². The minimum atomic E-state index is -0.409. The fraction of sp³-hybridized carbons (Fsp3) is 0.500. The number of carbonyl (C=O) groups is 1. The van der Waals surface area contributed by atoms with Gasteiger partial charge in [-0.15, -0.1) is 0 Å². The number of Topliss-reactive ketones (excluding diaryl/α,β-unsaturated/α-hetero) is 1. The molecule has 1 aliphatic heterocycles. The Balaban J connectivity index is 2.13. The Kier molecular flexibility index (Phi) is 4.73. The summed E-state index contributed by atoms with van der Waals surface area (Å²) in [6, 6.07) is 4.73. The van der Waals surface area contributed by atoms with Crippen LogP contribution in [0, 0.1) is 16.0 Å². The molecule has 1 unspecified atom stereocenters. The monoisotopic (exact) mass is 296 g/mol. The van der Waals surface area contributed by atoms with Crippen molar-refractivity contribution in [2.45, 2.75) is 26.3 Å². The van der Waals surface area contributed by atoms with Gasteiger partial charge in [-0.25, -0.2) is 0 Å². The van der Waals surface area contributed by atoms with E-state index in [4.69, 9.17) is 11.6 Å². The minimum absolute atomic E-state index is 0.0439. The van der Waals surface area contributed by atoms with Gasteiger partial charge in [0.15, 0.2) is 0 Å². The standard InChI is InChI=1S/C14H17ClN2O3/c1-10(18)11-3-2-6-16(8-11)9-12-4-5-13(15)7-14(12)17(19)20/h4-5,7,11H,2-3,6,8-9H2,1H3. The van der Waals surface area contributed by atoms with Gasteiger partial charge in [-0.2, -0.15) is 0 Å². The fourth-order valence-electron chi connectivity index (χ4n) is 2.61. The van der Waals surface area contributed by atoms with Gasteiger partial charge in [-0.3, -0.25) is 19.8 Å². The maximum absolute atomic E-state index is 11.5. The van der Waals surface area contributed by atoms with Crippen LogP contribution < -0.4 is 0 Å². The Morgan fingerprint density at radius 3 is 2.95 bits per heavy atom. The van der Waals surface area contributed by atoms with Gasteiger partial charge < -0.3 is 0 Å². The normalized spacial score (nSPS) is 19.8. The Bertz CT molecular complexity index is 533. The van der Waals surface area contributed by atoms with Gasteiger partial charge in [-0.1, -0.05) is 11.6 Å². The maximum atomic E-state index is 11.5.